The molecule has 22 heavy (non-hydrogen) atoms. The lowest BCUT2D eigenvalue weighted by Crippen LogP contribution is -2.44. The van der Waals surface area contributed by atoms with Crippen molar-refractivity contribution >= 4 is 15.9 Å². The summed E-state index contributed by atoms with van der Waals surface area (Å²) in [6, 6.07) is -0.105. The molecule has 0 aromatic heterocycles. The molecule has 3 atom stereocenters. The van der Waals surface area contributed by atoms with E-state index in [0.717, 1.165) is 25.7 Å². The van der Waals surface area contributed by atoms with Gasteiger partial charge in [0.2, 0.25) is 15.9 Å². The van der Waals surface area contributed by atoms with Gasteiger partial charge in [-0.25, -0.2) is 12.7 Å². The number of amides is 1. The van der Waals surface area contributed by atoms with E-state index in [1.54, 1.807) is 0 Å². The van der Waals surface area contributed by atoms with Crippen molar-refractivity contribution in [2.75, 3.05) is 5.75 Å². The highest BCUT2D eigenvalue weighted by Gasteiger charge is 2.72. The minimum absolute atomic E-state index is 0.0171. The Morgan fingerprint density at radius 2 is 2.09 bits per heavy atom. The lowest BCUT2D eigenvalue weighted by atomic mass is 9.69. The van der Waals surface area contributed by atoms with Crippen LogP contribution in [0.3, 0.4) is 0 Å². The fourth-order valence-corrected chi connectivity index (χ4v) is 7.81. The van der Waals surface area contributed by atoms with Crippen molar-refractivity contribution in [2.24, 2.45) is 16.7 Å². The van der Waals surface area contributed by atoms with Crippen LogP contribution in [-0.4, -0.2) is 30.4 Å². The Bertz CT molecular complexity index is 631. The number of fused-ring (bicyclic) bond motifs is 1. The summed E-state index contributed by atoms with van der Waals surface area (Å²) in [7, 11) is -3.46. The summed E-state index contributed by atoms with van der Waals surface area (Å²) in [6.45, 7) is 4.39. The maximum Gasteiger partial charge on any atom is 0.238 e. The Hall–Kier alpha value is -1.02. The van der Waals surface area contributed by atoms with Crippen LogP contribution in [0.5, 0.6) is 0 Å². The van der Waals surface area contributed by atoms with Crippen molar-refractivity contribution in [1.29, 1.82) is 0 Å². The summed E-state index contributed by atoms with van der Waals surface area (Å²) in [5.41, 5.74) is -0.200. The Balaban J connectivity index is 1.81. The number of carbonyl (C=O) groups excluding carboxylic acids is 1. The highest BCUT2D eigenvalue weighted by molar-refractivity contribution is 7.90. The van der Waals surface area contributed by atoms with Gasteiger partial charge in [-0.2, -0.15) is 0 Å². The Morgan fingerprint density at radius 1 is 1.36 bits per heavy atom. The Kier molecular flexibility index (Phi) is 3.60. The van der Waals surface area contributed by atoms with Gasteiger partial charge in [0.05, 0.1) is 11.8 Å². The van der Waals surface area contributed by atoms with Gasteiger partial charge in [-0.05, 0) is 43.4 Å². The van der Waals surface area contributed by atoms with Crippen molar-refractivity contribution in [3.05, 3.63) is 0 Å². The molecule has 1 amide bonds. The summed E-state index contributed by atoms with van der Waals surface area (Å²) in [4.78, 5) is 12.5. The molecular formula is C17H25NO3S. The SMILES string of the molecule is C#CCCCCC(=O)N1[C@@H]2C[C@H]3CC[C@]2(CS1(=O)=O)C3(C)C. The van der Waals surface area contributed by atoms with Crippen LogP contribution in [0.15, 0.2) is 0 Å². The minimum atomic E-state index is -3.46. The standard InChI is InChI=1S/C17H25NO3S/c1-4-5-6-7-8-15(19)18-14-11-13-9-10-17(14,16(13,2)3)12-22(18,20)21/h1,13-14H,5-12H2,2-3H3/t13-,14-,17-/m1/s1. The van der Waals surface area contributed by atoms with Crippen molar-refractivity contribution in [1.82, 2.24) is 4.31 Å². The molecule has 0 radical (unpaired) electrons. The third-order valence-corrected chi connectivity index (χ3v) is 8.56. The number of terminal acetylenes is 1. The molecule has 122 valence electrons. The molecule has 0 N–H and O–H groups in total. The molecule has 3 aliphatic rings. The van der Waals surface area contributed by atoms with Gasteiger partial charge in [-0.3, -0.25) is 4.79 Å². The van der Waals surface area contributed by atoms with Gasteiger partial charge < -0.3 is 0 Å². The fraction of sp³-hybridized carbons (Fsp3) is 0.824. The summed E-state index contributed by atoms with van der Waals surface area (Å²) >= 11 is 0. The van der Waals surface area contributed by atoms with Crippen LogP contribution in [0.1, 0.15) is 58.8 Å². The predicted octanol–water partition coefficient (Wildman–Crippen LogP) is 2.55. The van der Waals surface area contributed by atoms with Crippen LogP contribution < -0.4 is 0 Å². The number of sulfonamides is 1. The van der Waals surface area contributed by atoms with E-state index in [1.165, 1.54) is 4.31 Å². The molecule has 5 heteroatoms. The van der Waals surface area contributed by atoms with Crippen LogP contribution in [0, 0.1) is 29.1 Å². The molecule has 1 saturated heterocycles. The normalized spacial score (nSPS) is 37.0. The first-order valence-corrected chi connectivity index (χ1v) is 9.85. The third-order valence-electron chi connectivity index (χ3n) is 6.62. The quantitative estimate of drug-likeness (QED) is 0.590. The molecule has 1 heterocycles. The maximum absolute atomic E-state index is 12.6. The number of rotatable bonds is 4. The first kappa shape index (κ1) is 15.9. The highest BCUT2D eigenvalue weighted by Crippen LogP contribution is 2.69. The Morgan fingerprint density at radius 3 is 2.73 bits per heavy atom. The molecule has 0 aromatic rings. The smallest absolute Gasteiger partial charge is 0.238 e. The number of hydrogen-bond acceptors (Lipinski definition) is 3. The molecule has 2 bridgehead atoms. The molecule has 3 rings (SSSR count). The monoisotopic (exact) mass is 323 g/mol. The van der Waals surface area contributed by atoms with Crippen LogP contribution in [0.4, 0.5) is 0 Å². The van der Waals surface area contributed by atoms with E-state index in [0.29, 0.717) is 25.2 Å². The second-order valence-corrected chi connectivity index (χ2v) is 9.57. The molecule has 2 saturated carbocycles. The first-order valence-electron chi connectivity index (χ1n) is 8.25. The molecule has 0 unspecified atom stereocenters. The molecule has 1 aliphatic heterocycles. The lowest BCUT2D eigenvalue weighted by Gasteiger charge is -2.37. The van der Waals surface area contributed by atoms with Crippen LogP contribution >= 0.6 is 0 Å². The van der Waals surface area contributed by atoms with Gasteiger partial charge in [0.25, 0.3) is 0 Å². The fourth-order valence-electron chi connectivity index (χ4n) is 5.23. The van der Waals surface area contributed by atoms with Crippen molar-refractivity contribution in [2.45, 2.75) is 64.8 Å². The van der Waals surface area contributed by atoms with E-state index in [9.17, 15) is 13.2 Å². The van der Waals surface area contributed by atoms with Crippen LogP contribution in [0.2, 0.25) is 0 Å². The topological polar surface area (TPSA) is 54.5 Å². The number of hydrogen-bond donors (Lipinski definition) is 0. The summed E-state index contributed by atoms with van der Waals surface area (Å²) in [5, 5.41) is 0. The van der Waals surface area contributed by atoms with Crippen molar-refractivity contribution in [3.8, 4) is 12.3 Å². The average molecular weight is 323 g/mol. The molecule has 2 aliphatic carbocycles. The van der Waals surface area contributed by atoms with Gasteiger partial charge in [0.15, 0.2) is 0 Å². The van der Waals surface area contributed by atoms with Gasteiger partial charge in [0, 0.05) is 18.3 Å². The van der Waals surface area contributed by atoms with E-state index >= 15 is 0 Å². The minimum Gasteiger partial charge on any atom is -0.274 e. The van der Waals surface area contributed by atoms with Crippen molar-refractivity contribution < 1.29 is 13.2 Å². The molecule has 4 nitrogen and oxygen atoms in total. The van der Waals surface area contributed by atoms with Gasteiger partial charge in [0.1, 0.15) is 0 Å². The third kappa shape index (κ3) is 1.96. The number of carbonyl (C=O) groups is 1. The van der Waals surface area contributed by atoms with Gasteiger partial charge >= 0.3 is 0 Å². The van der Waals surface area contributed by atoms with E-state index in [4.69, 9.17) is 6.42 Å². The van der Waals surface area contributed by atoms with Crippen molar-refractivity contribution in [3.63, 3.8) is 0 Å². The molecular weight excluding hydrogens is 298 g/mol. The Labute approximate surface area is 133 Å². The van der Waals surface area contributed by atoms with Crippen LogP contribution in [0.25, 0.3) is 0 Å². The maximum atomic E-state index is 12.6. The molecule has 0 aromatic carbocycles. The largest absolute Gasteiger partial charge is 0.274 e. The van der Waals surface area contributed by atoms with Gasteiger partial charge in [-0.1, -0.05) is 13.8 Å². The number of unbranched alkanes of at least 4 members (excludes halogenated alkanes) is 2. The zero-order chi connectivity index (χ0) is 16.2. The highest BCUT2D eigenvalue weighted by atomic mass is 32.2. The summed E-state index contributed by atoms with van der Waals surface area (Å²) in [5.74, 6) is 3.04. The molecule has 3 fully saturated rings. The van der Waals surface area contributed by atoms with E-state index < -0.39 is 10.0 Å². The first-order chi connectivity index (χ1) is 10.3. The lowest BCUT2D eigenvalue weighted by molar-refractivity contribution is -0.129. The second-order valence-electron chi connectivity index (χ2n) is 7.72. The predicted molar refractivity (Wildman–Crippen MR) is 85.3 cm³/mol. The second kappa shape index (κ2) is 4.99. The zero-order valence-electron chi connectivity index (χ0n) is 13.5. The van der Waals surface area contributed by atoms with E-state index in [-0.39, 0.29) is 28.5 Å². The van der Waals surface area contributed by atoms with E-state index in [1.807, 2.05) is 0 Å². The number of nitrogens with zero attached hydrogens (tertiary/aromatic N) is 1. The zero-order valence-corrected chi connectivity index (χ0v) is 14.3. The van der Waals surface area contributed by atoms with Gasteiger partial charge in [-0.15, -0.1) is 12.3 Å². The van der Waals surface area contributed by atoms with Crippen LogP contribution in [-0.2, 0) is 14.8 Å². The van der Waals surface area contributed by atoms with E-state index in [2.05, 4.69) is 19.8 Å². The average Bonchev–Trinajstić information content (AvgIpc) is 2.90. The summed E-state index contributed by atoms with van der Waals surface area (Å²) < 4.78 is 26.6. The molecule has 1 spiro atoms. The summed E-state index contributed by atoms with van der Waals surface area (Å²) in [6.07, 6.45) is 10.5.